The molecule has 0 spiro atoms. The molecular formula is C18H35N7O. The predicted octanol–water partition coefficient (Wildman–Crippen LogP) is 0.879. The number of guanidine groups is 1. The van der Waals surface area contributed by atoms with Gasteiger partial charge in [-0.05, 0) is 32.4 Å². The molecule has 148 valence electrons. The van der Waals surface area contributed by atoms with Gasteiger partial charge in [-0.15, -0.1) is 10.2 Å². The molecule has 1 unspecified atom stereocenters. The summed E-state index contributed by atoms with van der Waals surface area (Å²) in [6, 6.07) is 0. The van der Waals surface area contributed by atoms with Crippen molar-refractivity contribution in [3.63, 3.8) is 0 Å². The first-order chi connectivity index (χ1) is 12.6. The van der Waals surface area contributed by atoms with Crippen LogP contribution in [0.15, 0.2) is 4.99 Å². The van der Waals surface area contributed by atoms with Crippen LogP contribution in [0.25, 0.3) is 0 Å². The largest absolute Gasteiger partial charge is 0.383 e. The summed E-state index contributed by atoms with van der Waals surface area (Å²) in [5.41, 5.74) is 0. The maximum absolute atomic E-state index is 5.17. The fourth-order valence-corrected chi connectivity index (χ4v) is 3.29. The van der Waals surface area contributed by atoms with Gasteiger partial charge >= 0.3 is 0 Å². The summed E-state index contributed by atoms with van der Waals surface area (Å²) in [6.07, 6.45) is 1.21. The molecule has 1 aliphatic heterocycles. The molecule has 1 aliphatic rings. The lowest BCUT2D eigenvalue weighted by atomic mass is 10.1. The number of nitrogens with one attached hydrogen (secondary N) is 1. The fraction of sp³-hybridized carbons (Fsp3) is 0.833. The number of aromatic nitrogens is 3. The highest BCUT2D eigenvalue weighted by Gasteiger charge is 2.26. The van der Waals surface area contributed by atoms with E-state index in [0.717, 1.165) is 56.9 Å². The van der Waals surface area contributed by atoms with E-state index in [1.54, 1.807) is 7.11 Å². The van der Waals surface area contributed by atoms with Crippen molar-refractivity contribution in [3.05, 3.63) is 11.6 Å². The highest BCUT2D eigenvalue weighted by molar-refractivity contribution is 5.80. The van der Waals surface area contributed by atoms with Gasteiger partial charge in [0.15, 0.2) is 11.8 Å². The quantitative estimate of drug-likeness (QED) is 0.398. The Morgan fingerprint density at radius 2 is 2.12 bits per heavy atom. The van der Waals surface area contributed by atoms with Crippen molar-refractivity contribution in [1.29, 1.82) is 0 Å². The Morgan fingerprint density at radius 3 is 2.73 bits per heavy atom. The van der Waals surface area contributed by atoms with E-state index in [1.165, 1.54) is 6.42 Å². The molecule has 0 amide bonds. The van der Waals surface area contributed by atoms with Gasteiger partial charge in [-0.2, -0.15) is 0 Å². The van der Waals surface area contributed by atoms with Gasteiger partial charge < -0.3 is 24.4 Å². The van der Waals surface area contributed by atoms with Crippen LogP contribution in [0, 0.1) is 12.8 Å². The van der Waals surface area contributed by atoms with Gasteiger partial charge in [0.05, 0.1) is 6.61 Å². The summed E-state index contributed by atoms with van der Waals surface area (Å²) in [6.45, 7) is 13.9. The molecule has 1 aromatic rings. The molecule has 0 bridgehead atoms. The van der Waals surface area contributed by atoms with Crippen LogP contribution in [-0.4, -0.2) is 83.5 Å². The summed E-state index contributed by atoms with van der Waals surface area (Å²) in [5.74, 6) is 3.43. The Hall–Kier alpha value is -1.67. The van der Waals surface area contributed by atoms with Crippen molar-refractivity contribution >= 4 is 5.96 Å². The molecule has 26 heavy (non-hydrogen) atoms. The van der Waals surface area contributed by atoms with E-state index in [9.17, 15) is 0 Å². The molecule has 1 fully saturated rings. The molecule has 1 atom stereocenters. The van der Waals surface area contributed by atoms with E-state index >= 15 is 0 Å². The predicted molar refractivity (Wildman–Crippen MR) is 104 cm³/mol. The van der Waals surface area contributed by atoms with E-state index in [1.807, 2.05) is 18.5 Å². The number of likely N-dealkylation sites (tertiary alicyclic amines) is 1. The Labute approximate surface area is 157 Å². The average molecular weight is 366 g/mol. The molecule has 0 radical (unpaired) electrons. The number of rotatable bonds is 9. The lowest BCUT2D eigenvalue weighted by molar-refractivity contribution is 0.202. The topological polar surface area (TPSA) is 70.8 Å². The van der Waals surface area contributed by atoms with Crippen molar-refractivity contribution in [1.82, 2.24) is 29.9 Å². The van der Waals surface area contributed by atoms with Crippen LogP contribution in [0.5, 0.6) is 0 Å². The Kier molecular flexibility index (Phi) is 8.31. The SMILES string of the molecule is CCN(CC)CC1CCN(C(=NCc2nnc(C)n2C)NCCOC)C1. The summed E-state index contributed by atoms with van der Waals surface area (Å²) < 4.78 is 7.16. The van der Waals surface area contributed by atoms with Crippen LogP contribution in [0.1, 0.15) is 31.9 Å². The maximum Gasteiger partial charge on any atom is 0.194 e. The van der Waals surface area contributed by atoms with Crippen LogP contribution in [0.4, 0.5) is 0 Å². The summed E-state index contributed by atoms with van der Waals surface area (Å²) in [5, 5.41) is 11.8. The van der Waals surface area contributed by atoms with Crippen molar-refractivity contribution in [2.75, 3.05) is 53.0 Å². The first-order valence-corrected chi connectivity index (χ1v) is 9.68. The van der Waals surface area contributed by atoms with Gasteiger partial charge in [0.25, 0.3) is 0 Å². The maximum atomic E-state index is 5.17. The summed E-state index contributed by atoms with van der Waals surface area (Å²) in [7, 11) is 3.70. The van der Waals surface area contributed by atoms with Gasteiger partial charge in [0.2, 0.25) is 0 Å². The number of aliphatic imine (C=N–C) groups is 1. The number of aryl methyl sites for hydroxylation is 1. The molecular weight excluding hydrogens is 330 g/mol. The molecule has 1 saturated heterocycles. The summed E-state index contributed by atoms with van der Waals surface area (Å²) >= 11 is 0. The molecule has 8 nitrogen and oxygen atoms in total. The third-order valence-corrected chi connectivity index (χ3v) is 5.14. The highest BCUT2D eigenvalue weighted by Crippen LogP contribution is 2.18. The molecule has 2 heterocycles. The second-order valence-electron chi connectivity index (χ2n) is 6.87. The Balaban J connectivity index is 2.00. The van der Waals surface area contributed by atoms with Gasteiger partial charge in [-0.1, -0.05) is 13.8 Å². The lowest BCUT2D eigenvalue weighted by Gasteiger charge is -2.24. The smallest absolute Gasteiger partial charge is 0.194 e. The normalized spacial score (nSPS) is 18.2. The minimum atomic E-state index is 0.532. The number of hydrogen-bond acceptors (Lipinski definition) is 5. The fourth-order valence-electron chi connectivity index (χ4n) is 3.29. The third-order valence-electron chi connectivity index (χ3n) is 5.14. The second-order valence-corrected chi connectivity index (χ2v) is 6.87. The van der Waals surface area contributed by atoms with E-state index in [-0.39, 0.29) is 0 Å². The van der Waals surface area contributed by atoms with Gasteiger partial charge in [-0.25, -0.2) is 4.99 Å². The van der Waals surface area contributed by atoms with Crippen molar-refractivity contribution in [3.8, 4) is 0 Å². The van der Waals surface area contributed by atoms with Crippen LogP contribution in [-0.2, 0) is 18.3 Å². The number of nitrogens with zero attached hydrogens (tertiary/aromatic N) is 6. The van der Waals surface area contributed by atoms with Crippen molar-refractivity contribution in [2.45, 2.75) is 33.7 Å². The number of hydrogen-bond donors (Lipinski definition) is 1. The van der Waals surface area contributed by atoms with E-state index in [0.29, 0.717) is 19.1 Å². The third kappa shape index (κ3) is 5.67. The monoisotopic (exact) mass is 365 g/mol. The molecule has 1 N–H and O–H groups in total. The van der Waals surface area contributed by atoms with Gasteiger partial charge in [-0.3, -0.25) is 0 Å². The van der Waals surface area contributed by atoms with Gasteiger partial charge in [0.1, 0.15) is 12.4 Å². The second kappa shape index (κ2) is 10.5. The zero-order valence-electron chi connectivity index (χ0n) is 17.0. The van der Waals surface area contributed by atoms with Crippen molar-refractivity contribution < 1.29 is 4.74 Å². The van der Waals surface area contributed by atoms with Gasteiger partial charge in [0, 0.05) is 40.3 Å². The Bertz CT molecular complexity index is 568. The molecule has 0 aromatic carbocycles. The average Bonchev–Trinajstić information content (AvgIpc) is 3.24. The zero-order valence-corrected chi connectivity index (χ0v) is 17.0. The zero-order chi connectivity index (χ0) is 18.9. The minimum absolute atomic E-state index is 0.532. The number of ether oxygens (including phenoxy) is 1. The molecule has 0 aliphatic carbocycles. The van der Waals surface area contributed by atoms with Crippen LogP contribution in [0.2, 0.25) is 0 Å². The first-order valence-electron chi connectivity index (χ1n) is 9.68. The van der Waals surface area contributed by atoms with E-state index in [2.05, 4.69) is 39.2 Å². The van der Waals surface area contributed by atoms with Crippen LogP contribution in [0.3, 0.4) is 0 Å². The van der Waals surface area contributed by atoms with E-state index < -0.39 is 0 Å². The van der Waals surface area contributed by atoms with Crippen LogP contribution < -0.4 is 5.32 Å². The molecule has 8 heteroatoms. The molecule has 1 aromatic heterocycles. The standard InChI is InChI=1S/C18H35N7O/c1-6-24(7-2)13-16-8-10-25(14-16)18(19-9-11-26-5)20-12-17-22-21-15(3)23(17)4/h16H,6-14H2,1-5H3,(H,19,20). The minimum Gasteiger partial charge on any atom is -0.383 e. The summed E-state index contributed by atoms with van der Waals surface area (Å²) in [4.78, 5) is 9.69. The van der Waals surface area contributed by atoms with Crippen molar-refractivity contribution in [2.24, 2.45) is 18.0 Å². The number of methoxy groups -OCH3 is 1. The molecule has 0 saturated carbocycles. The Morgan fingerprint density at radius 1 is 1.35 bits per heavy atom. The van der Waals surface area contributed by atoms with E-state index in [4.69, 9.17) is 9.73 Å². The lowest BCUT2D eigenvalue weighted by Crippen LogP contribution is -2.42. The van der Waals surface area contributed by atoms with Crippen LogP contribution >= 0.6 is 0 Å². The first kappa shape index (κ1) is 20.6. The molecule has 2 rings (SSSR count). The highest BCUT2D eigenvalue weighted by atomic mass is 16.5.